The zero-order chi connectivity index (χ0) is 12.6. The second-order valence-corrected chi connectivity index (χ2v) is 5.93. The molecule has 0 saturated heterocycles. The number of aliphatic hydroxyl groups is 1. The summed E-state index contributed by atoms with van der Waals surface area (Å²) >= 11 is 5.56. The summed E-state index contributed by atoms with van der Waals surface area (Å²) in [5.74, 6) is 0.189. The minimum absolute atomic E-state index is 0.0118. The SMILES string of the molecule is COCC(CCO)NS(=O)(=O)CC(C)CCl. The number of rotatable bonds is 9. The van der Waals surface area contributed by atoms with E-state index in [2.05, 4.69) is 4.72 Å². The van der Waals surface area contributed by atoms with Crippen molar-refractivity contribution in [2.45, 2.75) is 19.4 Å². The fraction of sp³-hybridized carbons (Fsp3) is 1.00. The highest BCUT2D eigenvalue weighted by atomic mass is 35.5. The third kappa shape index (κ3) is 7.40. The molecule has 0 aromatic carbocycles. The summed E-state index contributed by atoms with van der Waals surface area (Å²) < 4.78 is 30.7. The van der Waals surface area contributed by atoms with Gasteiger partial charge in [-0.2, -0.15) is 0 Å². The minimum Gasteiger partial charge on any atom is -0.396 e. The van der Waals surface area contributed by atoms with Crippen molar-refractivity contribution >= 4 is 21.6 Å². The van der Waals surface area contributed by atoms with Crippen LogP contribution < -0.4 is 4.72 Å². The first kappa shape index (κ1) is 16.1. The summed E-state index contributed by atoms with van der Waals surface area (Å²) in [5.41, 5.74) is 0. The maximum Gasteiger partial charge on any atom is 0.212 e. The van der Waals surface area contributed by atoms with E-state index in [1.807, 2.05) is 0 Å². The summed E-state index contributed by atoms with van der Waals surface area (Å²) in [7, 11) is -1.88. The third-order valence-corrected chi connectivity index (χ3v) is 4.19. The van der Waals surface area contributed by atoms with Gasteiger partial charge in [0.25, 0.3) is 0 Å². The standard InChI is InChI=1S/C9H20ClNO4S/c1-8(5-10)7-16(13,14)11-9(3-4-12)6-15-2/h8-9,11-12H,3-7H2,1-2H3. The Balaban J connectivity index is 4.29. The van der Waals surface area contributed by atoms with Crippen LogP contribution in [0.25, 0.3) is 0 Å². The van der Waals surface area contributed by atoms with Crippen molar-refractivity contribution in [2.75, 3.05) is 32.0 Å². The maximum absolute atomic E-state index is 11.7. The van der Waals surface area contributed by atoms with Crippen LogP contribution in [0.2, 0.25) is 0 Å². The average molecular weight is 274 g/mol. The van der Waals surface area contributed by atoms with Gasteiger partial charge in [-0.3, -0.25) is 0 Å². The first-order valence-corrected chi connectivity index (χ1v) is 7.29. The molecule has 0 amide bonds. The Kier molecular flexibility index (Phi) is 8.31. The highest BCUT2D eigenvalue weighted by Gasteiger charge is 2.19. The van der Waals surface area contributed by atoms with E-state index >= 15 is 0 Å². The molecule has 0 aromatic rings. The number of sulfonamides is 1. The van der Waals surface area contributed by atoms with Crippen LogP contribution in [0, 0.1) is 5.92 Å². The molecule has 0 aliphatic heterocycles. The molecule has 2 unspecified atom stereocenters. The quantitative estimate of drug-likeness (QED) is 0.588. The lowest BCUT2D eigenvalue weighted by molar-refractivity contribution is 0.158. The van der Waals surface area contributed by atoms with Crippen LogP contribution in [0.15, 0.2) is 0 Å². The number of aliphatic hydroxyl groups excluding tert-OH is 1. The Morgan fingerprint density at radius 2 is 2.12 bits per heavy atom. The number of hydrogen-bond acceptors (Lipinski definition) is 4. The van der Waals surface area contributed by atoms with Crippen LogP contribution >= 0.6 is 11.6 Å². The zero-order valence-electron chi connectivity index (χ0n) is 9.65. The van der Waals surface area contributed by atoms with Crippen molar-refractivity contribution in [3.05, 3.63) is 0 Å². The van der Waals surface area contributed by atoms with Gasteiger partial charge in [-0.1, -0.05) is 6.92 Å². The fourth-order valence-electron chi connectivity index (χ4n) is 1.25. The fourth-order valence-corrected chi connectivity index (χ4v) is 3.15. The molecule has 2 N–H and O–H groups in total. The van der Waals surface area contributed by atoms with Crippen molar-refractivity contribution < 1.29 is 18.3 Å². The van der Waals surface area contributed by atoms with Gasteiger partial charge in [0.1, 0.15) is 0 Å². The van der Waals surface area contributed by atoms with Crippen molar-refractivity contribution in [1.29, 1.82) is 0 Å². The van der Waals surface area contributed by atoms with Crippen molar-refractivity contribution in [1.82, 2.24) is 4.72 Å². The van der Waals surface area contributed by atoms with E-state index in [1.165, 1.54) is 7.11 Å². The maximum atomic E-state index is 11.7. The normalized spacial score (nSPS) is 16.0. The molecule has 98 valence electrons. The van der Waals surface area contributed by atoms with E-state index in [0.717, 1.165) is 0 Å². The van der Waals surface area contributed by atoms with Gasteiger partial charge in [0.2, 0.25) is 10.0 Å². The lowest BCUT2D eigenvalue weighted by atomic mass is 10.2. The van der Waals surface area contributed by atoms with Crippen LogP contribution in [0.5, 0.6) is 0 Å². The topological polar surface area (TPSA) is 75.6 Å². The molecule has 0 fully saturated rings. The predicted molar refractivity (Wildman–Crippen MR) is 64.2 cm³/mol. The molecule has 0 spiro atoms. The summed E-state index contributed by atoms with van der Waals surface area (Å²) in [6, 6.07) is -0.387. The first-order chi connectivity index (χ1) is 7.45. The molecule has 0 heterocycles. The third-order valence-electron chi connectivity index (χ3n) is 1.96. The van der Waals surface area contributed by atoms with E-state index < -0.39 is 10.0 Å². The Labute approximate surface area is 102 Å². The van der Waals surface area contributed by atoms with Gasteiger partial charge in [0, 0.05) is 25.6 Å². The van der Waals surface area contributed by atoms with E-state index in [9.17, 15) is 8.42 Å². The van der Waals surface area contributed by atoms with Crippen molar-refractivity contribution in [2.24, 2.45) is 5.92 Å². The minimum atomic E-state index is -3.36. The Hall–Kier alpha value is 0.120. The van der Waals surface area contributed by atoms with E-state index in [1.54, 1.807) is 6.92 Å². The molecule has 0 saturated carbocycles. The van der Waals surface area contributed by atoms with Crippen LogP contribution in [0.4, 0.5) is 0 Å². The molecule has 0 bridgehead atoms. The van der Waals surface area contributed by atoms with E-state index in [-0.39, 0.29) is 30.9 Å². The Morgan fingerprint density at radius 1 is 1.50 bits per heavy atom. The molecular weight excluding hydrogens is 254 g/mol. The molecule has 0 aromatic heterocycles. The summed E-state index contributed by atoms with van der Waals surface area (Å²) in [6.45, 7) is 1.93. The van der Waals surface area contributed by atoms with Gasteiger partial charge in [-0.15, -0.1) is 11.6 Å². The molecule has 16 heavy (non-hydrogen) atoms. The van der Waals surface area contributed by atoms with Crippen LogP contribution in [-0.4, -0.2) is 51.5 Å². The van der Waals surface area contributed by atoms with Gasteiger partial charge in [0.05, 0.1) is 12.4 Å². The van der Waals surface area contributed by atoms with Gasteiger partial charge in [-0.25, -0.2) is 13.1 Å². The predicted octanol–water partition coefficient (Wildman–Crippen LogP) is 0.178. The molecule has 2 atom stereocenters. The number of methoxy groups -OCH3 is 1. The number of ether oxygens (including phenoxy) is 1. The van der Waals surface area contributed by atoms with E-state index in [4.69, 9.17) is 21.4 Å². The van der Waals surface area contributed by atoms with Gasteiger partial charge in [0.15, 0.2) is 0 Å². The van der Waals surface area contributed by atoms with Crippen molar-refractivity contribution in [3.63, 3.8) is 0 Å². The van der Waals surface area contributed by atoms with Crippen LogP contribution in [-0.2, 0) is 14.8 Å². The molecule has 0 rings (SSSR count). The van der Waals surface area contributed by atoms with E-state index in [0.29, 0.717) is 12.3 Å². The van der Waals surface area contributed by atoms with Gasteiger partial charge >= 0.3 is 0 Å². The second-order valence-electron chi connectivity index (χ2n) is 3.82. The molecule has 0 radical (unpaired) electrons. The molecule has 0 aliphatic rings. The monoisotopic (exact) mass is 273 g/mol. The van der Waals surface area contributed by atoms with Crippen LogP contribution in [0.3, 0.4) is 0 Å². The lowest BCUT2D eigenvalue weighted by Gasteiger charge is -2.18. The summed E-state index contributed by atoms with van der Waals surface area (Å²) in [5, 5.41) is 8.78. The second kappa shape index (κ2) is 8.25. The summed E-state index contributed by atoms with van der Waals surface area (Å²) in [4.78, 5) is 0. The smallest absolute Gasteiger partial charge is 0.212 e. The van der Waals surface area contributed by atoms with Crippen LogP contribution in [0.1, 0.15) is 13.3 Å². The van der Waals surface area contributed by atoms with Gasteiger partial charge < -0.3 is 9.84 Å². The zero-order valence-corrected chi connectivity index (χ0v) is 11.2. The van der Waals surface area contributed by atoms with Crippen molar-refractivity contribution in [3.8, 4) is 0 Å². The number of halogens is 1. The highest BCUT2D eigenvalue weighted by Crippen LogP contribution is 2.04. The Bertz CT molecular complexity index is 265. The van der Waals surface area contributed by atoms with Gasteiger partial charge in [-0.05, 0) is 12.3 Å². The molecule has 5 nitrogen and oxygen atoms in total. The molecule has 7 heteroatoms. The highest BCUT2D eigenvalue weighted by molar-refractivity contribution is 7.89. The molecular formula is C9H20ClNO4S. The Morgan fingerprint density at radius 3 is 2.56 bits per heavy atom. The molecule has 0 aliphatic carbocycles. The lowest BCUT2D eigenvalue weighted by Crippen LogP contribution is -2.41. The number of hydrogen-bond donors (Lipinski definition) is 2. The number of nitrogens with one attached hydrogen (secondary N) is 1. The average Bonchev–Trinajstić information content (AvgIpc) is 2.17. The first-order valence-electron chi connectivity index (χ1n) is 5.11. The summed E-state index contributed by atoms with van der Waals surface area (Å²) in [6.07, 6.45) is 0.336. The largest absolute Gasteiger partial charge is 0.396 e. The number of alkyl halides is 1.